The summed E-state index contributed by atoms with van der Waals surface area (Å²) in [6, 6.07) is -0.109. The summed E-state index contributed by atoms with van der Waals surface area (Å²) < 4.78 is 7.37. The normalized spacial score (nSPS) is 14.0. The summed E-state index contributed by atoms with van der Waals surface area (Å²) in [5, 5.41) is 4.96. The molecule has 0 saturated heterocycles. The second-order valence-corrected chi connectivity index (χ2v) is 6.20. The van der Waals surface area contributed by atoms with Gasteiger partial charge in [0.1, 0.15) is 0 Å². The van der Waals surface area contributed by atoms with Gasteiger partial charge in [-0.15, -0.1) is 0 Å². The van der Waals surface area contributed by atoms with E-state index >= 15 is 0 Å². The molecule has 1 heterocycles. The predicted octanol–water partition coefficient (Wildman–Crippen LogP) is 1.42. The summed E-state index contributed by atoms with van der Waals surface area (Å²) in [6.45, 7) is 5.69. The van der Waals surface area contributed by atoms with Crippen molar-refractivity contribution in [3.8, 4) is 0 Å². The van der Waals surface area contributed by atoms with Crippen molar-refractivity contribution < 1.29 is 4.74 Å². The van der Waals surface area contributed by atoms with Gasteiger partial charge >= 0.3 is 0 Å². The summed E-state index contributed by atoms with van der Waals surface area (Å²) in [5.74, 6) is 5.70. The number of rotatable bonds is 8. The second-order valence-electron chi connectivity index (χ2n) is 5.79. The average molecular weight is 304 g/mol. The van der Waals surface area contributed by atoms with E-state index in [0.29, 0.717) is 11.4 Å². The van der Waals surface area contributed by atoms with Crippen LogP contribution in [0.2, 0.25) is 5.02 Å². The highest BCUT2D eigenvalue weighted by Gasteiger charge is 2.27. The van der Waals surface area contributed by atoms with Crippen LogP contribution in [0.25, 0.3) is 0 Å². The SMILES string of the molecule is COC(C)(C)CC(NN)c1c(Cl)cnn1CCN(C)C. The van der Waals surface area contributed by atoms with Gasteiger partial charge in [0.25, 0.3) is 0 Å². The molecule has 7 heteroatoms. The van der Waals surface area contributed by atoms with E-state index in [1.807, 2.05) is 32.6 Å². The largest absolute Gasteiger partial charge is 0.379 e. The molecule has 0 aliphatic rings. The first-order valence-corrected chi connectivity index (χ1v) is 7.05. The van der Waals surface area contributed by atoms with E-state index in [2.05, 4.69) is 15.4 Å². The third-order valence-electron chi connectivity index (χ3n) is 3.37. The van der Waals surface area contributed by atoms with Crippen molar-refractivity contribution in [3.63, 3.8) is 0 Å². The first-order valence-electron chi connectivity index (χ1n) is 6.68. The Morgan fingerprint density at radius 2 is 2.20 bits per heavy atom. The summed E-state index contributed by atoms with van der Waals surface area (Å²) in [6.07, 6.45) is 2.37. The fourth-order valence-electron chi connectivity index (χ4n) is 2.00. The van der Waals surface area contributed by atoms with E-state index in [0.717, 1.165) is 18.8 Å². The Balaban J connectivity index is 2.93. The van der Waals surface area contributed by atoms with Crippen LogP contribution in [0.4, 0.5) is 0 Å². The number of aromatic nitrogens is 2. The third-order valence-corrected chi connectivity index (χ3v) is 3.66. The van der Waals surface area contributed by atoms with Gasteiger partial charge in [0, 0.05) is 13.7 Å². The van der Waals surface area contributed by atoms with Crippen LogP contribution in [0, 0.1) is 0 Å². The fraction of sp³-hybridized carbons (Fsp3) is 0.769. The van der Waals surface area contributed by atoms with Gasteiger partial charge < -0.3 is 9.64 Å². The van der Waals surface area contributed by atoms with E-state index in [1.165, 1.54) is 0 Å². The molecule has 0 radical (unpaired) electrons. The summed E-state index contributed by atoms with van der Waals surface area (Å²) in [5.41, 5.74) is 3.43. The van der Waals surface area contributed by atoms with E-state index < -0.39 is 0 Å². The number of hydrogen-bond acceptors (Lipinski definition) is 5. The highest BCUT2D eigenvalue weighted by Crippen LogP contribution is 2.29. The van der Waals surface area contributed by atoms with Gasteiger partial charge in [-0.2, -0.15) is 5.10 Å². The van der Waals surface area contributed by atoms with Crippen LogP contribution < -0.4 is 11.3 Å². The van der Waals surface area contributed by atoms with Crippen molar-refractivity contribution >= 4 is 11.6 Å². The molecular formula is C13H26ClN5O. The number of nitrogens with zero attached hydrogens (tertiary/aromatic N) is 3. The quantitative estimate of drug-likeness (QED) is 0.561. The van der Waals surface area contributed by atoms with E-state index in [4.69, 9.17) is 22.2 Å². The van der Waals surface area contributed by atoms with Crippen molar-refractivity contribution in [2.45, 2.75) is 38.5 Å². The zero-order valence-electron chi connectivity index (χ0n) is 13.0. The lowest BCUT2D eigenvalue weighted by Crippen LogP contribution is -2.37. The fourth-order valence-corrected chi connectivity index (χ4v) is 2.27. The van der Waals surface area contributed by atoms with Crippen molar-refractivity contribution in [2.24, 2.45) is 5.84 Å². The Bertz CT molecular complexity index is 419. The van der Waals surface area contributed by atoms with Gasteiger partial charge in [-0.05, 0) is 34.4 Å². The number of hydrazine groups is 1. The lowest BCUT2D eigenvalue weighted by Gasteiger charge is -2.29. The van der Waals surface area contributed by atoms with Crippen LogP contribution in [0.15, 0.2) is 6.20 Å². The molecule has 0 bridgehead atoms. The molecule has 1 aromatic rings. The van der Waals surface area contributed by atoms with Gasteiger partial charge in [-0.3, -0.25) is 16.0 Å². The predicted molar refractivity (Wildman–Crippen MR) is 81.6 cm³/mol. The van der Waals surface area contributed by atoms with Crippen molar-refractivity contribution in [1.29, 1.82) is 0 Å². The molecule has 6 nitrogen and oxygen atoms in total. The molecule has 1 atom stereocenters. The molecule has 1 rings (SSSR count). The van der Waals surface area contributed by atoms with Crippen LogP contribution in [0.1, 0.15) is 32.0 Å². The van der Waals surface area contributed by atoms with Gasteiger partial charge in [-0.25, -0.2) is 0 Å². The third kappa shape index (κ3) is 4.71. The monoisotopic (exact) mass is 303 g/mol. The van der Waals surface area contributed by atoms with Gasteiger partial charge in [0.2, 0.25) is 0 Å². The Hall–Kier alpha value is -0.660. The first kappa shape index (κ1) is 17.4. The molecule has 0 aliphatic heterocycles. The Kier molecular flexibility index (Phi) is 6.42. The maximum Gasteiger partial charge on any atom is 0.0834 e. The Morgan fingerprint density at radius 1 is 1.55 bits per heavy atom. The number of likely N-dealkylation sites (N-methyl/N-ethyl adjacent to an activating group) is 1. The maximum absolute atomic E-state index is 6.27. The summed E-state index contributed by atoms with van der Waals surface area (Å²) in [4.78, 5) is 2.10. The molecule has 0 aliphatic carbocycles. The summed E-state index contributed by atoms with van der Waals surface area (Å²) >= 11 is 6.27. The average Bonchev–Trinajstić information content (AvgIpc) is 2.75. The van der Waals surface area contributed by atoms with Gasteiger partial charge in [-0.1, -0.05) is 11.6 Å². The minimum absolute atomic E-state index is 0.109. The Morgan fingerprint density at radius 3 is 2.70 bits per heavy atom. The molecule has 0 amide bonds. The molecule has 0 aromatic carbocycles. The highest BCUT2D eigenvalue weighted by molar-refractivity contribution is 6.31. The second kappa shape index (κ2) is 7.38. The molecule has 3 N–H and O–H groups in total. The number of methoxy groups -OCH3 is 1. The number of nitrogens with two attached hydrogens (primary N) is 1. The topological polar surface area (TPSA) is 68.3 Å². The molecule has 0 saturated carbocycles. The zero-order valence-corrected chi connectivity index (χ0v) is 13.7. The Labute approximate surface area is 126 Å². The van der Waals surface area contributed by atoms with Crippen LogP contribution >= 0.6 is 11.6 Å². The first-order chi connectivity index (χ1) is 9.30. The van der Waals surface area contributed by atoms with E-state index in [-0.39, 0.29) is 11.6 Å². The molecular weight excluding hydrogens is 278 g/mol. The minimum Gasteiger partial charge on any atom is -0.379 e. The molecule has 1 aromatic heterocycles. The van der Waals surface area contributed by atoms with Crippen LogP contribution in [-0.4, -0.2) is 48.0 Å². The van der Waals surface area contributed by atoms with E-state index in [9.17, 15) is 0 Å². The van der Waals surface area contributed by atoms with Crippen LogP contribution in [-0.2, 0) is 11.3 Å². The molecule has 0 spiro atoms. The van der Waals surface area contributed by atoms with Crippen molar-refractivity contribution in [1.82, 2.24) is 20.1 Å². The maximum atomic E-state index is 6.27. The smallest absolute Gasteiger partial charge is 0.0834 e. The minimum atomic E-state index is -0.295. The molecule has 116 valence electrons. The van der Waals surface area contributed by atoms with Gasteiger partial charge in [0.05, 0.1) is 35.1 Å². The van der Waals surface area contributed by atoms with Crippen LogP contribution in [0.5, 0.6) is 0 Å². The summed E-state index contributed by atoms with van der Waals surface area (Å²) in [7, 11) is 5.74. The number of ether oxygens (including phenoxy) is 1. The molecule has 20 heavy (non-hydrogen) atoms. The number of halogens is 1. The standard InChI is InChI=1S/C13H26ClN5O/c1-13(2,20-5)8-11(17-15)12-10(14)9-16-19(12)7-6-18(3)4/h9,11,17H,6-8,15H2,1-5H3. The molecule has 1 unspecified atom stereocenters. The lowest BCUT2D eigenvalue weighted by molar-refractivity contribution is 0.00607. The number of hydrogen-bond donors (Lipinski definition) is 2. The zero-order chi connectivity index (χ0) is 15.3. The van der Waals surface area contributed by atoms with Crippen molar-refractivity contribution in [3.05, 3.63) is 16.9 Å². The lowest BCUT2D eigenvalue weighted by atomic mass is 9.97. The molecule has 0 fully saturated rings. The number of nitrogens with one attached hydrogen (secondary N) is 1. The van der Waals surface area contributed by atoms with Gasteiger partial charge in [0.15, 0.2) is 0 Å². The van der Waals surface area contributed by atoms with Crippen molar-refractivity contribution in [2.75, 3.05) is 27.7 Å². The van der Waals surface area contributed by atoms with E-state index in [1.54, 1.807) is 13.3 Å². The highest BCUT2D eigenvalue weighted by atomic mass is 35.5. The van der Waals surface area contributed by atoms with Crippen LogP contribution in [0.3, 0.4) is 0 Å².